The number of hydrogen-bond donors (Lipinski definition) is 0. The predicted octanol–water partition coefficient (Wildman–Crippen LogP) is 4.30. The van der Waals surface area contributed by atoms with Gasteiger partial charge in [0.1, 0.15) is 12.4 Å². The molecule has 0 aliphatic rings. The Kier molecular flexibility index (Phi) is 5.93. The van der Waals surface area contributed by atoms with Crippen molar-refractivity contribution in [3.05, 3.63) is 35.9 Å². The van der Waals surface area contributed by atoms with Gasteiger partial charge >= 0.3 is 0 Å². The smallest absolute Gasteiger partial charge is 0.119 e. The molecule has 0 amide bonds. The van der Waals surface area contributed by atoms with Gasteiger partial charge in [0.15, 0.2) is 0 Å². The Morgan fingerprint density at radius 3 is 2.33 bits per heavy atom. The van der Waals surface area contributed by atoms with Gasteiger partial charge < -0.3 is 9.47 Å². The minimum absolute atomic E-state index is 0.0564. The van der Waals surface area contributed by atoms with Crippen molar-refractivity contribution in [2.75, 3.05) is 13.2 Å². The summed E-state index contributed by atoms with van der Waals surface area (Å²) in [4.78, 5) is 0. The van der Waals surface area contributed by atoms with Gasteiger partial charge in [0.2, 0.25) is 0 Å². The summed E-state index contributed by atoms with van der Waals surface area (Å²) in [5, 5.41) is 0. The summed E-state index contributed by atoms with van der Waals surface area (Å²) in [5.41, 5.74) is 1.13. The molecule has 1 aromatic carbocycles. The van der Waals surface area contributed by atoms with E-state index in [9.17, 15) is 0 Å². The second-order valence-corrected chi connectivity index (χ2v) is 4.88. The van der Waals surface area contributed by atoms with E-state index < -0.39 is 0 Å². The minimum atomic E-state index is -0.0564. The van der Waals surface area contributed by atoms with Crippen LogP contribution >= 0.6 is 0 Å². The van der Waals surface area contributed by atoms with Gasteiger partial charge in [0.05, 0.1) is 12.2 Å². The summed E-state index contributed by atoms with van der Waals surface area (Å²) in [7, 11) is 0. The van der Waals surface area contributed by atoms with Crippen LogP contribution in [0.1, 0.15) is 39.7 Å². The van der Waals surface area contributed by atoms with E-state index in [0.29, 0.717) is 13.2 Å². The first kappa shape index (κ1) is 14.8. The Labute approximate surface area is 111 Å². The summed E-state index contributed by atoms with van der Waals surface area (Å²) >= 11 is 0. The van der Waals surface area contributed by atoms with Gasteiger partial charge in [-0.05, 0) is 44.9 Å². The number of hydrogen-bond acceptors (Lipinski definition) is 2. The van der Waals surface area contributed by atoms with E-state index in [1.807, 2.05) is 37.3 Å². The lowest BCUT2D eigenvalue weighted by atomic mass is 10.1. The summed E-state index contributed by atoms with van der Waals surface area (Å²) in [6.07, 6.45) is 5.10. The van der Waals surface area contributed by atoms with Crippen LogP contribution in [0.4, 0.5) is 0 Å². The first-order valence-electron chi connectivity index (χ1n) is 6.57. The molecule has 0 radical (unpaired) electrons. The molecule has 0 unspecified atom stereocenters. The van der Waals surface area contributed by atoms with Crippen LogP contribution in [0, 0.1) is 0 Å². The van der Waals surface area contributed by atoms with Gasteiger partial charge in [-0.1, -0.05) is 31.2 Å². The van der Waals surface area contributed by atoms with Gasteiger partial charge in [-0.15, -0.1) is 0 Å². The molecule has 0 aromatic heterocycles. The number of rotatable bonds is 7. The molecule has 2 heteroatoms. The molecule has 0 saturated carbocycles. The van der Waals surface area contributed by atoms with Crippen LogP contribution in [0.3, 0.4) is 0 Å². The molecule has 2 nitrogen and oxygen atoms in total. The van der Waals surface area contributed by atoms with Crippen molar-refractivity contribution in [2.45, 2.75) is 39.7 Å². The SMILES string of the molecule is C/C=C/c1ccc(OCCOC(C)(C)CC)cc1. The van der Waals surface area contributed by atoms with Crippen LogP contribution in [0.15, 0.2) is 30.3 Å². The zero-order chi connectivity index (χ0) is 13.4. The molecule has 0 saturated heterocycles. The van der Waals surface area contributed by atoms with E-state index >= 15 is 0 Å². The van der Waals surface area contributed by atoms with Crippen molar-refractivity contribution in [1.82, 2.24) is 0 Å². The maximum Gasteiger partial charge on any atom is 0.119 e. The lowest BCUT2D eigenvalue weighted by Crippen LogP contribution is -2.25. The molecule has 18 heavy (non-hydrogen) atoms. The van der Waals surface area contributed by atoms with Gasteiger partial charge in [-0.3, -0.25) is 0 Å². The molecule has 0 spiro atoms. The summed E-state index contributed by atoms with van der Waals surface area (Å²) < 4.78 is 11.4. The first-order chi connectivity index (χ1) is 8.57. The van der Waals surface area contributed by atoms with E-state index in [1.54, 1.807) is 0 Å². The van der Waals surface area contributed by atoms with Gasteiger partial charge in [-0.2, -0.15) is 0 Å². The Bertz CT molecular complexity index is 363. The fourth-order valence-corrected chi connectivity index (χ4v) is 1.45. The Morgan fingerprint density at radius 1 is 1.11 bits per heavy atom. The zero-order valence-electron chi connectivity index (χ0n) is 11.9. The highest BCUT2D eigenvalue weighted by molar-refractivity contribution is 5.50. The standard InChI is InChI=1S/C16H24O2/c1-5-7-14-8-10-15(11-9-14)17-12-13-18-16(3,4)6-2/h5,7-11H,6,12-13H2,1-4H3/b7-5+. The lowest BCUT2D eigenvalue weighted by Gasteiger charge is -2.23. The average molecular weight is 248 g/mol. The Morgan fingerprint density at radius 2 is 1.78 bits per heavy atom. The molecule has 1 aromatic rings. The van der Waals surface area contributed by atoms with Crippen molar-refractivity contribution in [1.29, 1.82) is 0 Å². The Hall–Kier alpha value is -1.28. The van der Waals surface area contributed by atoms with Crippen LogP contribution in [-0.2, 0) is 4.74 Å². The largest absolute Gasteiger partial charge is 0.491 e. The van der Waals surface area contributed by atoms with Crippen molar-refractivity contribution >= 4 is 6.08 Å². The number of ether oxygens (including phenoxy) is 2. The van der Waals surface area contributed by atoms with Crippen molar-refractivity contribution in [3.63, 3.8) is 0 Å². The van der Waals surface area contributed by atoms with Crippen LogP contribution in [0.25, 0.3) is 6.08 Å². The fraction of sp³-hybridized carbons (Fsp3) is 0.500. The molecule has 0 heterocycles. The molecule has 1 rings (SSSR count). The van der Waals surface area contributed by atoms with E-state index in [4.69, 9.17) is 9.47 Å². The molecule has 0 aliphatic heterocycles. The second-order valence-electron chi connectivity index (χ2n) is 4.88. The van der Waals surface area contributed by atoms with Crippen LogP contribution in [0.2, 0.25) is 0 Å². The van der Waals surface area contributed by atoms with E-state index in [1.165, 1.54) is 5.56 Å². The summed E-state index contributed by atoms with van der Waals surface area (Å²) in [6, 6.07) is 8.07. The van der Waals surface area contributed by atoms with Gasteiger partial charge in [-0.25, -0.2) is 0 Å². The van der Waals surface area contributed by atoms with Gasteiger partial charge in [0, 0.05) is 0 Å². The molecule has 0 N–H and O–H groups in total. The van der Waals surface area contributed by atoms with Crippen LogP contribution < -0.4 is 4.74 Å². The van der Waals surface area contributed by atoms with Crippen LogP contribution in [-0.4, -0.2) is 18.8 Å². The third-order valence-electron chi connectivity index (χ3n) is 2.94. The fourth-order valence-electron chi connectivity index (χ4n) is 1.45. The lowest BCUT2D eigenvalue weighted by molar-refractivity contribution is -0.0317. The average Bonchev–Trinajstić information content (AvgIpc) is 2.37. The Balaban J connectivity index is 2.31. The maximum atomic E-state index is 5.73. The second kappa shape index (κ2) is 7.22. The topological polar surface area (TPSA) is 18.5 Å². The number of benzene rings is 1. The normalized spacial score (nSPS) is 12.0. The molecule has 0 aliphatic carbocycles. The molecular formula is C16H24O2. The molecular weight excluding hydrogens is 224 g/mol. The van der Waals surface area contributed by atoms with Crippen molar-refractivity contribution in [3.8, 4) is 5.75 Å². The third-order valence-corrected chi connectivity index (χ3v) is 2.94. The quantitative estimate of drug-likeness (QED) is 0.670. The summed E-state index contributed by atoms with van der Waals surface area (Å²) in [5.74, 6) is 0.890. The van der Waals surface area contributed by atoms with Crippen molar-refractivity contribution < 1.29 is 9.47 Å². The van der Waals surface area contributed by atoms with Crippen molar-refractivity contribution in [2.24, 2.45) is 0 Å². The highest BCUT2D eigenvalue weighted by atomic mass is 16.5. The summed E-state index contributed by atoms with van der Waals surface area (Å²) in [6.45, 7) is 9.54. The van der Waals surface area contributed by atoms with Gasteiger partial charge in [0.25, 0.3) is 0 Å². The monoisotopic (exact) mass is 248 g/mol. The highest BCUT2D eigenvalue weighted by Crippen LogP contribution is 2.15. The molecule has 0 bridgehead atoms. The zero-order valence-corrected chi connectivity index (χ0v) is 11.9. The minimum Gasteiger partial charge on any atom is -0.491 e. The van der Waals surface area contributed by atoms with E-state index in [2.05, 4.69) is 26.8 Å². The third kappa shape index (κ3) is 5.37. The number of allylic oxidation sites excluding steroid dienone is 1. The molecule has 0 atom stereocenters. The molecule has 0 fully saturated rings. The van der Waals surface area contributed by atoms with Crippen LogP contribution in [0.5, 0.6) is 5.75 Å². The van der Waals surface area contributed by atoms with E-state index in [-0.39, 0.29) is 5.60 Å². The maximum absolute atomic E-state index is 5.73. The predicted molar refractivity (Wildman–Crippen MR) is 77.0 cm³/mol. The van der Waals surface area contributed by atoms with E-state index in [0.717, 1.165) is 12.2 Å². The first-order valence-corrected chi connectivity index (χ1v) is 6.57. The molecule has 100 valence electrons. The highest BCUT2D eigenvalue weighted by Gasteiger charge is 2.14.